The molecule has 2 aliphatic rings. The summed E-state index contributed by atoms with van der Waals surface area (Å²) in [7, 11) is 0. The van der Waals surface area contributed by atoms with E-state index in [1.807, 2.05) is 12.1 Å². The molecule has 1 aromatic heterocycles. The molecule has 0 fully saturated rings. The number of allylic oxidation sites excluding steroid dienone is 1. The van der Waals surface area contributed by atoms with E-state index < -0.39 is 0 Å². The number of carbonyl (C=O) groups excluding carboxylic acids is 1. The van der Waals surface area contributed by atoms with E-state index in [4.69, 9.17) is 4.74 Å². The van der Waals surface area contributed by atoms with Gasteiger partial charge in [0.15, 0.2) is 0 Å². The minimum atomic E-state index is -0.00253. The van der Waals surface area contributed by atoms with E-state index in [2.05, 4.69) is 34.6 Å². The Balaban J connectivity index is 1.37. The monoisotopic (exact) mass is 348 g/mol. The summed E-state index contributed by atoms with van der Waals surface area (Å²) in [5.41, 5.74) is 4.68. The highest BCUT2D eigenvalue weighted by Crippen LogP contribution is 2.38. The summed E-state index contributed by atoms with van der Waals surface area (Å²) >= 11 is 0. The van der Waals surface area contributed by atoms with E-state index in [0.717, 1.165) is 36.1 Å². The molecule has 0 radical (unpaired) electrons. The van der Waals surface area contributed by atoms with E-state index >= 15 is 0 Å². The van der Waals surface area contributed by atoms with E-state index in [0.29, 0.717) is 13.0 Å². The largest absolute Gasteiger partial charge is 0.487 e. The Morgan fingerprint density at radius 1 is 1.19 bits per heavy atom. The van der Waals surface area contributed by atoms with Gasteiger partial charge in [-0.1, -0.05) is 29.8 Å². The fraction of sp³-hybridized carbons (Fsp3) is 0.364. The van der Waals surface area contributed by atoms with Crippen molar-refractivity contribution < 1.29 is 9.53 Å². The van der Waals surface area contributed by atoms with Crippen LogP contribution in [0, 0.1) is 0 Å². The van der Waals surface area contributed by atoms with Crippen LogP contribution in [0.15, 0.2) is 54.4 Å². The minimum absolute atomic E-state index is 0.00253. The Hall–Kier alpha value is -2.62. The van der Waals surface area contributed by atoms with Crippen molar-refractivity contribution in [3.05, 3.63) is 59.9 Å². The van der Waals surface area contributed by atoms with Crippen molar-refractivity contribution in [2.24, 2.45) is 0 Å². The zero-order chi connectivity index (χ0) is 17.8. The smallest absolute Gasteiger partial charge is 0.224 e. The van der Waals surface area contributed by atoms with Gasteiger partial charge in [0.1, 0.15) is 11.9 Å². The van der Waals surface area contributed by atoms with Gasteiger partial charge < -0.3 is 10.1 Å². The zero-order valence-corrected chi connectivity index (χ0v) is 14.9. The van der Waals surface area contributed by atoms with Gasteiger partial charge in [0, 0.05) is 30.8 Å². The SMILES string of the molecule is O=C(CC1=CCCCC1)NCC1Cc2cccc(-c3ccncc3)c2O1. The number of hydrogen-bond acceptors (Lipinski definition) is 3. The normalized spacial score (nSPS) is 18.6. The molecule has 0 saturated heterocycles. The van der Waals surface area contributed by atoms with Crippen LogP contribution >= 0.6 is 0 Å². The van der Waals surface area contributed by atoms with Crippen molar-refractivity contribution >= 4 is 5.91 Å². The lowest BCUT2D eigenvalue weighted by Gasteiger charge is -2.15. The molecule has 4 heteroatoms. The van der Waals surface area contributed by atoms with Crippen LogP contribution in [-0.4, -0.2) is 23.5 Å². The molecule has 26 heavy (non-hydrogen) atoms. The molecule has 1 aromatic carbocycles. The molecule has 134 valence electrons. The summed E-state index contributed by atoms with van der Waals surface area (Å²) in [6, 6.07) is 10.2. The number of nitrogens with one attached hydrogen (secondary N) is 1. The van der Waals surface area contributed by atoms with Crippen molar-refractivity contribution in [3.8, 4) is 16.9 Å². The van der Waals surface area contributed by atoms with Crippen LogP contribution in [0.1, 0.15) is 37.7 Å². The molecule has 0 spiro atoms. The first-order valence-corrected chi connectivity index (χ1v) is 9.43. The van der Waals surface area contributed by atoms with Gasteiger partial charge in [0.25, 0.3) is 0 Å². The molecular weight excluding hydrogens is 324 g/mol. The summed E-state index contributed by atoms with van der Waals surface area (Å²) < 4.78 is 6.18. The van der Waals surface area contributed by atoms with Crippen molar-refractivity contribution in [2.45, 2.75) is 44.6 Å². The fourth-order valence-electron chi connectivity index (χ4n) is 3.77. The highest BCUT2D eigenvalue weighted by molar-refractivity contribution is 5.78. The van der Waals surface area contributed by atoms with E-state index in [9.17, 15) is 4.79 Å². The van der Waals surface area contributed by atoms with Crippen molar-refractivity contribution in [2.75, 3.05) is 6.54 Å². The van der Waals surface area contributed by atoms with Gasteiger partial charge in [-0.05, 0) is 48.9 Å². The first-order chi connectivity index (χ1) is 12.8. The van der Waals surface area contributed by atoms with Gasteiger partial charge in [-0.15, -0.1) is 0 Å². The first-order valence-electron chi connectivity index (χ1n) is 9.43. The van der Waals surface area contributed by atoms with Gasteiger partial charge in [-0.3, -0.25) is 9.78 Å². The third-order valence-corrected chi connectivity index (χ3v) is 5.12. The summed E-state index contributed by atoms with van der Waals surface area (Å²) in [5.74, 6) is 1.04. The quantitative estimate of drug-likeness (QED) is 0.829. The lowest BCUT2D eigenvalue weighted by Crippen LogP contribution is -2.34. The Bertz CT molecular complexity index is 814. The number of amides is 1. The van der Waals surface area contributed by atoms with E-state index in [1.54, 1.807) is 12.4 Å². The zero-order valence-electron chi connectivity index (χ0n) is 14.9. The molecule has 4 nitrogen and oxygen atoms in total. The van der Waals surface area contributed by atoms with Crippen LogP contribution in [0.4, 0.5) is 0 Å². The number of carbonyl (C=O) groups is 1. The summed E-state index contributed by atoms with van der Waals surface area (Å²) in [4.78, 5) is 16.3. The molecule has 1 aliphatic carbocycles. The number of ether oxygens (including phenoxy) is 1. The summed E-state index contributed by atoms with van der Waals surface area (Å²) in [6.07, 6.45) is 11.8. The van der Waals surface area contributed by atoms with E-state index in [1.165, 1.54) is 24.0 Å². The molecule has 2 aromatic rings. The Kier molecular flexibility index (Phi) is 5.00. The molecule has 1 unspecified atom stereocenters. The molecule has 0 saturated carbocycles. The molecule has 4 rings (SSSR count). The predicted octanol–water partition coefficient (Wildman–Crippen LogP) is 4.06. The highest BCUT2D eigenvalue weighted by atomic mass is 16.5. The third kappa shape index (κ3) is 3.79. The second-order valence-corrected chi connectivity index (χ2v) is 7.06. The summed E-state index contributed by atoms with van der Waals surface area (Å²) in [5, 5.41) is 3.05. The number of aromatic nitrogens is 1. The third-order valence-electron chi connectivity index (χ3n) is 5.12. The standard InChI is InChI=1S/C22H24N2O2/c25-21(13-16-5-2-1-3-6-16)24-15-19-14-18-7-4-8-20(22(18)26-19)17-9-11-23-12-10-17/h4-5,7-12,19H,1-3,6,13-15H2,(H,24,25). The maximum absolute atomic E-state index is 12.2. The number of para-hydroxylation sites is 1. The number of rotatable bonds is 5. The molecule has 1 N–H and O–H groups in total. The number of nitrogens with zero attached hydrogens (tertiary/aromatic N) is 1. The number of fused-ring (bicyclic) bond motifs is 1. The maximum atomic E-state index is 12.2. The number of hydrogen-bond donors (Lipinski definition) is 1. The van der Waals surface area contributed by atoms with Crippen LogP contribution in [0.5, 0.6) is 5.75 Å². The first kappa shape index (κ1) is 16.8. The minimum Gasteiger partial charge on any atom is -0.487 e. The van der Waals surface area contributed by atoms with Gasteiger partial charge in [0.05, 0.1) is 6.54 Å². The van der Waals surface area contributed by atoms with Crippen molar-refractivity contribution in [3.63, 3.8) is 0 Å². The van der Waals surface area contributed by atoms with E-state index in [-0.39, 0.29) is 12.0 Å². The fourth-order valence-corrected chi connectivity index (χ4v) is 3.77. The molecule has 1 aliphatic heterocycles. The van der Waals surface area contributed by atoms with Crippen molar-refractivity contribution in [1.29, 1.82) is 0 Å². The average molecular weight is 348 g/mol. The molecule has 0 bridgehead atoms. The van der Waals surface area contributed by atoms with Crippen molar-refractivity contribution in [1.82, 2.24) is 10.3 Å². The second-order valence-electron chi connectivity index (χ2n) is 7.06. The lowest BCUT2D eigenvalue weighted by atomic mass is 9.97. The number of benzene rings is 1. The lowest BCUT2D eigenvalue weighted by molar-refractivity contribution is -0.120. The Labute approximate surface area is 154 Å². The maximum Gasteiger partial charge on any atom is 0.224 e. The molecule has 2 heterocycles. The highest BCUT2D eigenvalue weighted by Gasteiger charge is 2.26. The predicted molar refractivity (Wildman–Crippen MR) is 102 cm³/mol. The molecule has 1 amide bonds. The van der Waals surface area contributed by atoms with Gasteiger partial charge in [0.2, 0.25) is 5.91 Å². The topological polar surface area (TPSA) is 51.2 Å². The summed E-state index contributed by atoms with van der Waals surface area (Å²) in [6.45, 7) is 0.552. The Morgan fingerprint density at radius 3 is 2.88 bits per heavy atom. The molecule has 1 atom stereocenters. The van der Waals surface area contributed by atoms with Crippen LogP contribution in [0.2, 0.25) is 0 Å². The van der Waals surface area contributed by atoms with Crippen LogP contribution in [0.3, 0.4) is 0 Å². The van der Waals surface area contributed by atoms with Crippen LogP contribution in [-0.2, 0) is 11.2 Å². The molecular formula is C22H24N2O2. The Morgan fingerprint density at radius 2 is 2.08 bits per heavy atom. The second kappa shape index (κ2) is 7.73. The number of pyridine rings is 1. The van der Waals surface area contributed by atoms with Gasteiger partial charge in [-0.25, -0.2) is 0 Å². The van der Waals surface area contributed by atoms with Gasteiger partial charge in [-0.2, -0.15) is 0 Å². The van der Waals surface area contributed by atoms with Gasteiger partial charge >= 0.3 is 0 Å². The van der Waals surface area contributed by atoms with Crippen LogP contribution in [0.25, 0.3) is 11.1 Å². The average Bonchev–Trinajstić information content (AvgIpc) is 3.11. The van der Waals surface area contributed by atoms with Crippen LogP contribution < -0.4 is 10.1 Å².